The van der Waals surface area contributed by atoms with Crippen molar-refractivity contribution >= 4 is 0 Å². The van der Waals surface area contributed by atoms with Gasteiger partial charge < -0.3 is 10.3 Å². The predicted octanol–water partition coefficient (Wildman–Crippen LogP) is -1.28. The summed E-state index contributed by atoms with van der Waals surface area (Å²) < 4.78 is 1.10. The molecule has 0 saturated heterocycles. The van der Waals surface area contributed by atoms with Crippen molar-refractivity contribution in [1.29, 1.82) is 0 Å². The summed E-state index contributed by atoms with van der Waals surface area (Å²) >= 11 is 0. The lowest BCUT2D eigenvalue weighted by atomic mass is 10.1. The molecule has 70 valence electrons. The first-order valence-electron chi connectivity index (χ1n) is 4.22. The maximum absolute atomic E-state index is 11.5. The lowest BCUT2D eigenvalue weighted by molar-refractivity contribution is 0.597. The van der Waals surface area contributed by atoms with E-state index in [4.69, 9.17) is 0 Å². The Labute approximate surface area is 74.4 Å². The number of nitrogens with zero attached hydrogens (tertiary/aromatic N) is 1. The highest BCUT2D eigenvalue weighted by atomic mass is 16.2. The smallest absolute Gasteiger partial charge is 0.312 e. The molecule has 2 heterocycles. The average Bonchev–Trinajstić information content (AvgIpc) is 2.15. The van der Waals surface area contributed by atoms with Crippen LogP contribution in [0.5, 0.6) is 0 Å². The highest BCUT2D eigenvalue weighted by molar-refractivity contribution is 5.19. The summed E-state index contributed by atoms with van der Waals surface area (Å²) in [5.74, 6) is 0. The minimum atomic E-state index is -0.328. The van der Waals surface area contributed by atoms with Crippen LogP contribution in [0.2, 0.25) is 0 Å². The molecule has 0 radical (unpaired) electrons. The fourth-order valence-electron chi connectivity index (χ4n) is 1.53. The molecular formula is C8H11N3O2. The van der Waals surface area contributed by atoms with Crippen LogP contribution in [0.4, 0.5) is 0 Å². The Morgan fingerprint density at radius 1 is 1.38 bits per heavy atom. The van der Waals surface area contributed by atoms with E-state index in [1.165, 1.54) is 7.05 Å². The number of aromatic nitrogens is 2. The van der Waals surface area contributed by atoms with E-state index in [0.29, 0.717) is 12.1 Å². The van der Waals surface area contributed by atoms with Gasteiger partial charge in [0.25, 0.3) is 5.56 Å². The van der Waals surface area contributed by atoms with E-state index in [1.807, 2.05) is 0 Å². The molecule has 1 aromatic heterocycles. The van der Waals surface area contributed by atoms with Gasteiger partial charge in [-0.3, -0.25) is 9.36 Å². The Kier molecular flexibility index (Phi) is 1.81. The molecule has 13 heavy (non-hydrogen) atoms. The Morgan fingerprint density at radius 3 is 2.92 bits per heavy atom. The van der Waals surface area contributed by atoms with Crippen LogP contribution in [0.1, 0.15) is 11.3 Å². The van der Waals surface area contributed by atoms with Crippen LogP contribution in [0.15, 0.2) is 9.59 Å². The summed E-state index contributed by atoms with van der Waals surface area (Å²) in [5, 5.41) is 3.09. The average molecular weight is 181 g/mol. The van der Waals surface area contributed by atoms with Crippen molar-refractivity contribution < 1.29 is 0 Å². The van der Waals surface area contributed by atoms with Gasteiger partial charge in [-0.25, -0.2) is 4.79 Å². The summed E-state index contributed by atoms with van der Waals surface area (Å²) in [6.07, 6.45) is 0.723. The number of hydrogen-bond donors (Lipinski definition) is 2. The monoisotopic (exact) mass is 181 g/mol. The molecule has 0 fully saturated rings. The van der Waals surface area contributed by atoms with Crippen molar-refractivity contribution in [3.8, 4) is 0 Å². The van der Waals surface area contributed by atoms with E-state index >= 15 is 0 Å². The molecule has 5 heteroatoms. The van der Waals surface area contributed by atoms with Gasteiger partial charge in [0.15, 0.2) is 0 Å². The van der Waals surface area contributed by atoms with Gasteiger partial charge >= 0.3 is 5.69 Å². The number of H-pyrrole nitrogens is 1. The number of fused-ring (bicyclic) bond motifs is 1. The van der Waals surface area contributed by atoms with Crippen molar-refractivity contribution in [3.63, 3.8) is 0 Å². The highest BCUT2D eigenvalue weighted by Crippen LogP contribution is 2.02. The molecule has 0 amide bonds. The van der Waals surface area contributed by atoms with Gasteiger partial charge in [-0.2, -0.15) is 0 Å². The topological polar surface area (TPSA) is 66.9 Å². The molecule has 2 N–H and O–H groups in total. The van der Waals surface area contributed by atoms with Crippen LogP contribution >= 0.6 is 0 Å². The fraction of sp³-hybridized carbons (Fsp3) is 0.500. The number of rotatable bonds is 0. The van der Waals surface area contributed by atoms with Crippen LogP contribution < -0.4 is 16.6 Å². The van der Waals surface area contributed by atoms with E-state index in [9.17, 15) is 9.59 Å². The minimum Gasteiger partial charge on any atom is -0.312 e. The molecule has 2 rings (SSSR count). The van der Waals surface area contributed by atoms with Crippen LogP contribution in [0.3, 0.4) is 0 Å². The van der Waals surface area contributed by atoms with Crippen molar-refractivity contribution in [2.45, 2.75) is 13.0 Å². The standard InChI is InChI=1S/C8H11N3O2/c1-11-7(12)5-4-9-3-2-6(5)10-8(11)13/h9H,2-4H2,1H3,(H,10,13). The van der Waals surface area contributed by atoms with Gasteiger partial charge in [0.1, 0.15) is 0 Å². The van der Waals surface area contributed by atoms with E-state index < -0.39 is 0 Å². The first-order valence-corrected chi connectivity index (χ1v) is 4.22. The molecule has 0 spiro atoms. The van der Waals surface area contributed by atoms with Crippen LogP contribution in [-0.4, -0.2) is 16.1 Å². The van der Waals surface area contributed by atoms with Crippen molar-refractivity contribution in [3.05, 3.63) is 32.1 Å². The van der Waals surface area contributed by atoms with E-state index in [-0.39, 0.29) is 11.2 Å². The third-order valence-corrected chi connectivity index (χ3v) is 2.34. The van der Waals surface area contributed by atoms with E-state index in [0.717, 1.165) is 23.2 Å². The summed E-state index contributed by atoms with van der Waals surface area (Å²) in [7, 11) is 1.48. The Morgan fingerprint density at radius 2 is 2.15 bits per heavy atom. The Bertz CT molecular complexity index is 444. The second-order valence-corrected chi connectivity index (χ2v) is 3.18. The van der Waals surface area contributed by atoms with Crippen molar-refractivity contribution in [1.82, 2.24) is 14.9 Å². The lowest BCUT2D eigenvalue weighted by Gasteiger charge is -2.15. The van der Waals surface area contributed by atoms with Gasteiger partial charge in [0.05, 0.1) is 5.56 Å². The molecule has 0 atom stereocenters. The van der Waals surface area contributed by atoms with Gasteiger partial charge in [-0.05, 0) is 0 Å². The van der Waals surface area contributed by atoms with Gasteiger partial charge in [0, 0.05) is 32.3 Å². The van der Waals surface area contributed by atoms with E-state index in [1.54, 1.807) is 0 Å². The van der Waals surface area contributed by atoms with E-state index in [2.05, 4.69) is 10.3 Å². The summed E-state index contributed by atoms with van der Waals surface area (Å²) in [5.41, 5.74) is 0.955. The molecule has 0 unspecified atom stereocenters. The molecule has 0 aromatic carbocycles. The van der Waals surface area contributed by atoms with Crippen LogP contribution in [-0.2, 0) is 20.0 Å². The molecule has 1 aliphatic rings. The molecular weight excluding hydrogens is 170 g/mol. The lowest BCUT2D eigenvalue weighted by Crippen LogP contribution is -2.41. The van der Waals surface area contributed by atoms with Crippen LogP contribution in [0, 0.1) is 0 Å². The zero-order valence-corrected chi connectivity index (χ0v) is 7.39. The van der Waals surface area contributed by atoms with Crippen LogP contribution in [0.25, 0.3) is 0 Å². The molecule has 0 saturated carbocycles. The van der Waals surface area contributed by atoms with Gasteiger partial charge in [-0.1, -0.05) is 0 Å². The normalized spacial score (nSPS) is 15.5. The van der Waals surface area contributed by atoms with Gasteiger partial charge in [0.2, 0.25) is 0 Å². The Balaban J connectivity index is 2.75. The maximum Gasteiger partial charge on any atom is 0.328 e. The number of nitrogens with one attached hydrogen (secondary N) is 2. The highest BCUT2D eigenvalue weighted by Gasteiger charge is 2.14. The predicted molar refractivity (Wildman–Crippen MR) is 47.7 cm³/mol. The fourth-order valence-corrected chi connectivity index (χ4v) is 1.53. The third kappa shape index (κ3) is 1.21. The molecule has 1 aromatic rings. The SMILES string of the molecule is Cn1c(=O)[nH]c2c(c1=O)CNCC2. The first kappa shape index (κ1) is 8.25. The summed E-state index contributed by atoms with van der Waals surface area (Å²) in [6.45, 7) is 1.37. The Hall–Kier alpha value is -1.36. The summed E-state index contributed by atoms with van der Waals surface area (Å²) in [6, 6.07) is 0. The van der Waals surface area contributed by atoms with Crippen molar-refractivity contribution in [2.24, 2.45) is 7.05 Å². The number of aromatic amines is 1. The maximum atomic E-state index is 11.5. The molecule has 0 aliphatic carbocycles. The van der Waals surface area contributed by atoms with Crippen molar-refractivity contribution in [2.75, 3.05) is 6.54 Å². The largest absolute Gasteiger partial charge is 0.328 e. The van der Waals surface area contributed by atoms with Gasteiger partial charge in [-0.15, -0.1) is 0 Å². The molecule has 5 nitrogen and oxygen atoms in total. The number of hydrogen-bond acceptors (Lipinski definition) is 3. The second-order valence-electron chi connectivity index (χ2n) is 3.18. The second kappa shape index (κ2) is 2.85. The zero-order valence-electron chi connectivity index (χ0n) is 7.39. The zero-order chi connectivity index (χ0) is 9.42. The molecule has 1 aliphatic heterocycles. The first-order chi connectivity index (χ1) is 6.20. The summed E-state index contributed by atoms with van der Waals surface area (Å²) in [4.78, 5) is 25.4. The minimum absolute atomic E-state index is 0.189. The molecule has 0 bridgehead atoms. The quantitative estimate of drug-likeness (QED) is 0.524. The third-order valence-electron chi connectivity index (χ3n) is 2.34.